The molecule has 0 radical (unpaired) electrons. The number of morpholine rings is 1. The second-order valence-electron chi connectivity index (χ2n) is 7.07. The van der Waals surface area contributed by atoms with Crippen molar-refractivity contribution < 1.29 is 9.53 Å². The van der Waals surface area contributed by atoms with Crippen LogP contribution in [0.15, 0.2) is 61.2 Å². The van der Waals surface area contributed by atoms with Crippen LogP contribution in [0.25, 0.3) is 17.2 Å². The lowest BCUT2D eigenvalue weighted by Crippen LogP contribution is -2.42. The van der Waals surface area contributed by atoms with Gasteiger partial charge in [-0.3, -0.25) is 14.2 Å². The second kappa shape index (κ2) is 7.14. The molecule has 0 aromatic carbocycles. The van der Waals surface area contributed by atoms with Gasteiger partial charge in [0.2, 0.25) is 0 Å². The van der Waals surface area contributed by atoms with E-state index in [2.05, 4.69) is 15.2 Å². The molecular weight excluding hydrogens is 368 g/mol. The zero-order chi connectivity index (χ0) is 19.8. The molecule has 1 amide bonds. The van der Waals surface area contributed by atoms with Crippen molar-refractivity contribution in [2.24, 2.45) is 7.05 Å². The van der Waals surface area contributed by atoms with Gasteiger partial charge in [0.1, 0.15) is 6.10 Å². The number of nitrogens with zero attached hydrogens (tertiary/aromatic N) is 6. The minimum absolute atomic E-state index is 0.0318. The van der Waals surface area contributed by atoms with Crippen LogP contribution in [0, 0.1) is 0 Å². The highest BCUT2D eigenvalue weighted by Crippen LogP contribution is 2.24. The van der Waals surface area contributed by atoms with Crippen molar-refractivity contribution in [2.75, 3.05) is 19.7 Å². The lowest BCUT2D eigenvalue weighted by atomic mass is 10.1. The Balaban J connectivity index is 1.44. The summed E-state index contributed by atoms with van der Waals surface area (Å²) < 4.78 is 9.70. The van der Waals surface area contributed by atoms with Crippen molar-refractivity contribution >= 4 is 11.6 Å². The third kappa shape index (κ3) is 3.17. The molecular formula is C21H20N6O2. The maximum atomic E-state index is 13.2. The molecule has 4 aromatic heterocycles. The Morgan fingerprint density at radius 3 is 2.90 bits per heavy atom. The Bertz CT molecular complexity index is 1170. The highest BCUT2D eigenvalue weighted by atomic mass is 16.5. The molecule has 1 unspecified atom stereocenters. The minimum atomic E-state index is -0.168. The van der Waals surface area contributed by atoms with Gasteiger partial charge in [0.15, 0.2) is 11.5 Å². The van der Waals surface area contributed by atoms with E-state index in [9.17, 15) is 4.79 Å². The van der Waals surface area contributed by atoms with E-state index in [1.165, 1.54) is 0 Å². The van der Waals surface area contributed by atoms with Crippen LogP contribution in [0.2, 0.25) is 0 Å². The van der Waals surface area contributed by atoms with Crippen LogP contribution < -0.4 is 0 Å². The third-order valence-electron chi connectivity index (χ3n) is 5.23. The van der Waals surface area contributed by atoms with Crippen LogP contribution in [-0.4, -0.2) is 54.7 Å². The van der Waals surface area contributed by atoms with E-state index >= 15 is 0 Å². The van der Waals surface area contributed by atoms with E-state index in [0.717, 1.165) is 11.3 Å². The average molecular weight is 388 g/mol. The van der Waals surface area contributed by atoms with Crippen molar-refractivity contribution in [1.82, 2.24) is 29.0 Å². The highest BCUT2D eigenvalue weighted by molar-refractivity contribution is 5.94. The van der Waals surface area contributed by atoms with Crippen LogP contribution in [0.5, 0.6) is 0 Å². The van der Waals surface area contributed by atoms with E-state index in [1.54, 1.807) is 18.5 Å². The summed E-state index contributed by atoms with van der Waals surface area (Å²) in [5.74, 6) is 0.674. The number of hydrogen-bond donors (Lipinski definition) is 0. The Hall–Kier alpha value is -3.52. The molecule has 0 spiro atoms. The number of hydrogen-bond acceptors (Lipinski definition) is 5. The number of aryl methyl sites for hydroxylation is 1. The molecule has 0 aliphatic carbocycles. The summed E-state index contributed by atoms with van der Waals surface area (Å²) in [6.07, 6.45) is 7.12. The number of amides is 1. The molecule has 0 saturated carbocycles. The molecule has 0 bridgehead atoms. The molecule has 146 valence electrons. The Kier molecular flexibility index (Phi) is 4.33. The van der Waals surface area contributed by atoms with Crippen LogP contribution in [0.3, 0.4) is 0 Å². The van der Waals surface area contributed by atoms with Crippen molar-refractivity contribution in [3.05, 3.63) is 72.3 Å². The number of ether oxygens (including phenoxy) is 1. The fraction of sp³-hybridized carbons (Fsp3) is 0.238. The first-order chi connectivity index (χ1) is 14.2. The topological polar surface area (TPSA) is 77.5 Å². The number of aromatic nitrogens is 5. The summed E-state index contributed by atoms with van der Waals surface area (Å²) in [6.45, 7) is 1.55. The largest absolute Gasteiger partial charge is 0.370 e. The van der Waals surface area contributed by atoms with Crippen LogP contribution in [-0.2, 0) is 11.8 Å². The molecule has 1 aliphatic rings. The Labute approximate surface area is 167 Å². The quantitative estimate of drug-likeness (QED) is 0.538. The summed E-state index contributed by atoms with van der Waals surface area (Å²) in [4.78, 5) is 19.2. The third-order valence-corrected chi connectivity index (χ3v) is 5.23. The van der Waals surface area contributed by atoms with Gasteiger partial charge in [0.25, 0.3) is 5.91 Å². The first kappa shape index (κ1) is 17.6. The zero-order valence-electron chi connectivity index (χ0n) is 16.0. The molecule has 29 heavy (non-hydrogen) atoms. The number of pyridine rings is 2. The smallest absolute Gasteiger partial charge is 0.255 e. The number of carbonyl (C=O) groups excluding carboxylic acids is 1. The van der Waals surface area contributed by atoms with Crippen molar-refractivity contribution in [3.8, 4) is 11.5 Å². The summed E-state index contributed by atoms with van der Waals surface area (Å²) in [5, 5.41) is 8.53. The fourth-order valence-corrected chi connectivity index (χ4v) is 3.67. The molecule has 1 atom stereocenters. The molecule has 5 heterocycles. The zero-order valence-corrected chi connectivity index (χ0v) is 16.0. The lowest BCUT2D eigenvalue weighted by molar-refractivity contribution is -0.0229. The molecule has 1 saturated heterocycles. The molecule has 1 aliphatic heterocycles. The number of carbonyl (C=O) groups is 1. The van der Waals surface area contributed by atoms with E-state index in [4.69, 9.17) is 4.74 Å². The SMILES string of the molecule is Cn1cccc1-c1nnc2ccc(C(=O)N3CCOC(c4cccnc4)C3)cn12. The second-order valence-corrected chi connectivity index (χ2v) is 7.07. The Morgan fingerprint density at radius 1 is 1.17 bits per heavy atom. The molecule has 0 N–H and O–H groups in total. The maximum absolute atomic E-state index is 13.2. The summed E-state index contributed by atoms with van der Waals surface area (Å²) in [7, 11) is 1.96. The average Bonchev–Trinajstić information content (AvgIpc) is 3.39. The highest BCUT2D eigenvalue weighted by Gasteiger charge is 2.26. The summed E-state index contributed by atoms with van der Waals surface area (Å²) in [6, 6.07) is 11.4. The Morgan fingerprint density at radius 2 is 2.10 bits per heavy atom. The van der Waals surface area contributed by atoms with E-state index in [0.29, 0.717) is 36.7 Å². The van der Waals surface area contributed by atoms with Gasteiger partial charge in [-0.05, 0) is 30.3 Å². The van der Waals surface area contributed by atoms with Crippen LogP contribution in [0.4, 0.5) is 0 Å². The molecule has 4 aromatic rings. The molecule has 8 nitrogen and oxygen atoms in total. The molecule has 8 heteroatoms. The van der Waals surface area contributed by atoms with Crippen molar-refractivity contribution in [1.29, 1.82) is 0 Å². The van der Waals surface area contributed by atoms with Gasteiger partial charge < -0.3 is 14.2 Å². The monoisotopic (exact) mass is 388 g/mol. The fourth-order valence-electron chi connectivity index (χ4n) is 3.67. The van der Waals surface area contributed by atoms with Gasteiger partial charge in [0.05, 0.1) is 24.4 Å². The molecule has 1 fully saturated rings. The summed E-state index contributed by atoms with van der Waals surface area (Å²) >= 11 is 0. The van der Waals surface area contributed by atoms with Gasteiger partial charge >= 0.3 is 0 Å². The predicted molar refractivity (Wildman–Crippen MR) is 106 cm³/mol. The van der Waals surface area contributed by atoms with Gasteiger partial charge in [-0.1, -0.05) is 6.07 Å². The van der Waals surface area contributed by atoms with Crippen LogP contribution >= 0.6 is 0 Å². The number of fused-ring (bicyclic) bond motifs is 1. The van der Waals surface area contributed by atoms with E-state index in [1.807, 2.05) is 63.6 Å². The molecule has 5 rings (SSSR count). The van der Waals surface area contributed by atoms with Crippen LogP contribution in [0.1, 0.15) is 22.0 Å². The standard InChI is InChI=1S/C21H20N6O2/c1-25-9-3-5-17(25)20-24-23-19-7-6-16(13-27(19)20)21(28)26-10-11-29-18(14-26)15-4-2-8-22-12-15/h2-9,12-13,18H,10-11,14H2,1H3. The van der Waals surface area contributed by atoms with Gasteiger partial charge in [-0.25, -0.2) is 0 Å². The van der Waals surface area contributed by atoms with Crippen molar-refractivity contribution in [2.45, 2.75) is 6.10 Å². The first-order valence-electron chi connectivity index (χ1n) is 9.48. The lowest BCUT2D eigenvalue weighted by Gasteiger charge is -2.33. The number of rotatable bonds is 3. The van der Waals surface area contributed by atoms with E-state index in [-0.39, 0.29) is 12.0 Å². The summed E-state index contributed by atoms with van der Waals surface area (Å²) in [5.41, 5.74) is 3.21. The predicted octanol–water partition coefficient (Wildman–Crippen LogP) is 2.34. The van der Waals surface area contributed by atoms with E-state index < -0.39 is 0 Å². The first-order valence-corrected chi connectivity index (χ1v) is 9.48. The minimum Gasteiger partial charge on any atom is -0.370 e. The van der Waals surface area contributed by atoms with Gasteiger partial charge in [0, 0.05) is 43.9 Å². The maximum Gasteiger partial charge on any atom is 0.255 e. The normalized spacial score (nSPS) is 17.0. The van der Waals surface area contributed by atoms with Gasteiger partial charge in [-0.2, -0.15) is 0 Å². The van der Waals surface area contributed by atoms with Gasteiger partial charge in [-0.15, -0.1) is 10.2 Å². The van der Waals surface area contributed by atoms with Crippen molar-refractivity contribution in [3.63, 3.8) is 0 Å².